The first-order valence-corrected chi connectivity index (χ1v) is 9.63. The predicted octanol–water partition coefficient (Wildman–Crippen LogP) is 3.72. The van der Waals surface area contributed by atoms with Gasteiger partial charge in [0.25, 0.3) is 0 Å². The second-order valence-electron chi connectivity index (χ2n) is 7.80. The Labute approximate surface area is 142 Å². The van der Waals surface area contributed by atoms with Gasteiger partial charge in [-0.05, 0) is 50.4 Å². The van der Waals surface area contributed by atoms with Crippen LogP contribution in [0.1, 0.15) is 71.1 Å². The quantitative estimate of drug-likeness (QED) is 0.502. The van der Waals surface area contributed by atoms with Crippen molar-refractivity contribution in [1.82, 2.24) is 10.6 Å². The van der Waals surface area contributed by atoms with E-state index in [1.165, 1.54) is 57.8 Å². The largest absolute Gasteiger partial charge is 0.385 e. The van der Waals surface area contributed by atoms with Crippen LogP contribution in [-0.2, 0) is 4.74 Å². The zero-order chi connectivity index (χ0) is 16.5. The summed E-state index contributed by atoms with van der Waals surface area (Å²) in [6.45, 7) is 4.17. The maximum atomic E-state index is 5.23. The van der Waals surface area contributed by atoms with Crippen LogP contribution in [0.4, 0.5) is 0 Å². The molecule has 1 unspecified atom stereocenters. The lowest BCUT2D eigenvalue weighted by Gasteiger charge is -2.25. The van der Waals surface area contributed by atoms with Crippen LogP contribution in [0.2, 0.25) is 0 Å². The molecule has 2 aliphatic rings. The second-order valence-corrected chi connectivity index (χ2v) is 7.80. The Balaban J connectivity index is 1.63. The summed E-state index contributed by atoms with van der Waals surface area (Å²) in [4.78, 5) is 4.40. The van der Waals surface area contributed by atoms with Gasteiger partial charge in [-0.1, -0.05) is 32.1 Å². The summed E-state index contributed by atoms with van der Waals surface area (Å²) in [5, 5.41) is 7.10. The third kappa shape index (κ3) is 6.70. The van der Waals surface area contributed by atoms with Crippen LogP contribution in [0.25, 0.3) is 0 Å². The van der Waals surface area contributed by atoms with Gasteiger partial charge in [0.2, 0.25) is 0 Å². The van der Waals surface area contributed by atoms with Crippen LogP contribution < -0.4 is 10.6 Å². The van der Waals surface area contributed by atoms with E-state index in [0.717, 1.165) is 31.4 Å². The molecule has 0 heterocycles. The molecule has 0 aliphatic heterocycles. The first kappa shape index (κ1) is 18.6. The lowest BCUT2D eigenvalue weighted by Crippen LogP contribution is -2.44. The van der Waals surface area contributed by atoms with Crippen molar-refractivity contribution in [2.24, 2.45) is 16.3 Å². The van der Waals surface area contributed by atoms with E-state index in [9.17, 15) is 0 Å². The molecule has 134 valence electrons. The minimum Gasteiger partial charge on any atom is -0.385 e. The molecule has 4 heteroatoms. The van der Waals surface area contributed by atoms with E-state index in [2.05, 4.69) is 22.5 Å². The molecule has 0 aromatic heterocycles. The van der Waals surface area contributed by atoms with E-state index >= 15 is 0 Å². The Morgan fingerprint density at radius 2 is 2.00 bits per heavy atom. The molecule has 0 saturated heterocycles. The third-order valence-electron chi connectivity index (χ3n) is 5.76. The minimum atomic E-state index is 0.457. The molecule has 2 saturated carbocycles. The molecular formula is C19H37N3O. The summed E-state index contributed by atoms with van der Waals surface area (Å²) < 4.78 is 5.23. The minimum absolute atomic E-state index is 0.457. The molecule has 0 aromatic carbocycles. The van der Waals surface area contributed by atoms with Gasteiger partial charge >= 0.3 is 0 Å². The third-order valence-corrected chi connectivity index (χ3v) is 5.76. The van der Waals surface area contributed by atoms with Crippen molar-refractivity contribution >= 4 is 5.96 Å². The van der Waals surface area contributed by atoms with E-state index in [1.807, 2.05) is 7.05 Å². The van der Waals surface area contributed by atoms with Gasteiger partial charge in [-0.15, -0.1) is 0 Å². The van der Waals surface area contributed by atoms with Gasteiger partial charge in [0, 0.05) is 33.4 Å². The fourth-order valence-electron chi connectivity index (χ4n) is 3.74. The summed E-state index contributed by atoms with van der Waals surface area (Å²) in [7, 11) is 3.66. The topological polar surface area (TPSA) is 45.7 Å². The number of ether oxygens (including phenoxy) is 1. The van der Waals surface area contributed by atoms with Gasteiger partial charge in [-0.2, -0.15) is 0 Å². The Morgan fingerprint density at radius 1 is 1.26 bits per heavy atom. The van der Waals surface area contributed by atoms with E-state index in [1.54, 1.807) is 7.11 Å². The number of nitrogens with one attached hydrogen (secondary N) is 2. The number of hydrogen-bond acceptors (Lipinski definition) is 2. The number of methoxy groups -OCH3 is 1. The maximum absolute atomic E-state index is 5.23. The Kier molecular flexibility index (Phi) is 7.68. The fourth-order valence-corrected chi connectivity index (χ4v) is 3.74. The van der Waals surface area contributed by atoms with E-state index in [0.29, 0.717) is 11.5 Å². The zero-order valence-electron chi connectivity index (χ0n) is 15.5. The molecule has 0 spiro atoms. The summed E-state index contributed by atoms with van der Waals surface area (Å²) in [6.07, 6.45) is 13.6. The first-order valence-electron chi connectivity index (χ1n) is 9.63. The summed E-state index contributed by atoms with van der Waals surface area (Å²) in [5.74, 6) is 1.93. The van der Waals surface area contributed by atoms with E-state index in [-0.39, 0.29) is 0 Å². The van der Waals surface area contributed by atoms with Crippen molar-refractivity contribution in [3.05, 3.63) is 0 Å². The molecule has 0 aromatic rings. The normalized spacial score (nSPS) is 22.7. The fraction of sp³-hybridized carbons (Fsp3) is 0.947. The van der Waals surface area contributed by atoms with E-state index in [4.69, 9.17) is 4.74 Å². The summed E-state index contributed by atoms with van der Waals surface area (Å²) >= 11 is 0. The average molecular weight is 324 g/mol. The number of guanidine groups is 1. The zero-order valence-corrected chi connectivity index (χ0v) is 15.5. The molecule has 23 heavy (non-hydrogen) atoms. The predicted molar refractivity (Wildman–Crippen MR) is 97.9 cm³/mol. The van der Waals surface area contributed by atoms with Crippen LogP contribution >= 0.6 is 0 Å². The molecule has 1 atom stereocenters. The van der Waals surface area contributed by atoms with Crippen molar-refractivity contribution in [1.29, 1.82) is 0 Å². The van der Waals surface area contributed by atoms with Crippen LogP contribution in [0.3, 0.4) is 0 Å². The van der Waals surface area contributed by atoms with Crippen LogP contribution in [0, 0.1) is 11.3 Å². The molecule has 4 nitrogen and oxygen atoms in total. The summed E-state index contributed by atoms with van der Waals surface area (Å²) in [6, 6.07) is 0.497. The van der Waals surface area contributed by atoms with E-state index < -0.39 is 0 Å². The number of hydrogen-bond donors (Lipinski definition) is 2. The van der Waals surface area contributed by atoms with Gasteiger partial charge in [-0.3, -0.25) is 4.99 Å². The highest BCUT2D eigenvalue weighted by atomic mass is 16.5. The van der Waals surface area contributed by atoms with Gasteiger partial charge in [0.05, 0.1) is 0 Å². The average Bonchev–Trinajstić information content (AvgIpc) is 3.36. The lowest BCUT2D eigenvalue weighted by atomic mass is 9.85. The summed E-state index contributed by atoms with van der Waals surface area (Å²) in [5.41, 5.74) is 0.457. The SMILES string of the molecule is CN=C(NCC1(CCOC)CC1)NC(C)CCC1CCCCC1. The Bertz CT molecular complexity index is 360. The van der Waals surface area contributed by atoms with Crippen molar-refractivity contribution in [3.63, 3.8) is 0 Å². The molecular weight excluding hydrogens is 286 g/mol. The van der Waals surface area contributed by atoms with Crippen molar-refractivity contribution < 1.29 is 4.74 Å². The molecule has 2 fully saturated rings. The van der Waals surface area contributed by atoms with Crippen molar-refractivity contribution in [2.75, 3.05) is 27.3 Å². The Hall–Kier alpha value is -0.770. The maximum Gasteiger partial charge on any atom is 0.191 e. The lowest BCUT2D eigenvalue weighted by molar-refractivity contribution is 0.172. The second kappa shape index (κ2) is 9.51. The molecule has 2 aliphatic carbocycles. The van der Waals surface area contributed by atoms with Crippen LogP contribution in [-0.4, -0.2) is 39.3 Å². The highest BCUT2D eigenvalue weighted by Gasteiger charge is 2.41. The van der Waals surface area contributed by atoms with Gasteiger partial charge in [0.1, 0.15) is 0 Å². The van der Waals surface area contributed by atoms with Gasteiger partial charge in [0.15, 0.2) is 5.96 Å². The highest BCUT2D eigenvalue weighted by Crippen LogP contribution is 2.48. The van der Waals surface area contributed by atoms with Crippen molar-refractivity contribution in [3.8, 4) is 0 Å². The number of nitrogens with zero attached hydrogens (tertiary/aromatic N) is 1. The highest BCUT2D eigenvalue weighted by molar-refractivity contribution is 5.80. The van der Waals surface area contributed by atoms with Gasteiger partial charge < -0.3 is 15.4 Å². The van der Waals surface area contributed by atoms with Crippen molar-refractivity contribution in [2.45, 2.75) is 77.2 Å². The van der Waals surface area contributed by atoms with Crippen LogP contribution in [0.15, 0.2) is 4.99 Å². The molecule has 0 radical (unpaired) electrons. The Morgan fingerprint density at radius 3 is 2.61 bits per heavy atom. The monoisotopic (exact) mass is 323 g/mol. The molecule has 2 N–H and O–H groups in total. The first-order chi connectivity index (χ1) is 11.2. The standard InChI is InChI=1S/C19H37N3O/c1-16(9-10-17-7-5-4-6-8-17)22-18(20-2)21-15-19(11-12-19)13-14-23-3/h16-17H,4-15H2,1-3H3,(H2,20,21,22). The molecule has 0 bridgehead atoms. The molecule has 2 rings (SSSR count). The molecule has 0 amide bonds. The van der Waals surface area contributed by atoms with Crippen LogP contribution in [0.5, 0.6) is 0 Å². The number of aliphatic imine (C=N–C) groups is 1. The van der Waals surface area contributed by atoms with Gasteiger partial charge in [-0.25, -0.2) is 0 Å². The number of rotatable bonds is 9. The smallest absolute Gasteiger partial charge is 0.191 e.